The molecule has 2 aromatic carbocycles. The summed E-state index contributed by atoms with van der Waals surface area (Å²) in [4.78, 5) is 11.0. The molecule has 0 spiro atoms. The van der Waals surface area contributed by atoms with Crippen LogP contribution < -0.4 is 11.1 Å². The molecule has 4 nitrogen and oxygen atoms in total. The zero-order valence-corrected chi connectivity index (χ0v) is 11.6. The largest absolute Gasteiger partial charge is 0.478 e. The lowest BCUT2D eigenvalue weighted by Crippen LogP contribution is -2.05. The Morgan fingerprint density at radius 1 is 1.24 bits per heavy atom. The van der Waals surface area contributed by atoms with Gasteiger partial charge in [-0.05, 0) is 47.2 Å². The van der Waals surface area contributed by atoms with E-state index in [9.17, 15) is 9.18 Å². The summed E-state index contributed by atoms with van der Waals surface area (Å²) >= 11 is 1.62. The summed E-state index contributed by atoms with van der Waals surface area (Å²) in [7, 11) is 0. The van der Waals surface area contributed by atoms with Crippen molar-refractivity contribution in [2.75, 3.05) is 11.1 Å². The normalized spacial score (nSPS) is 10.7. The first-order valence-corrected chi connectivity index (χ1v) is 6.99. The van der Waals surface area contributed by atoms with E-state index in [1.807, 2.05) is 29.6 Å². The number of fused-ring (bicyclic) bond motifs is 1. The van der Waals surface area contributed by atoms with Crippen molar-refractivity contribution in [1.29, 1.82) is 0 Å². The van der Waals surface area contributed by atoms with Crippen LogP contribution in [0.4, 0.5) is 21.5 Å². The third-order valence-corrected chi connectivity index (χ3v) is 4.00. The van der Waals surface area contributed by atoms with Crippen LogP contribution in [0.25, 0.3) is 10.1 Å². The Labute approximate surface area is 123 Å². The average Bonchev–Trinajstić information content (AvgIpc) is 2.88. The van der Waals surface area contributed by atoms with Crippen LogP contribution in [-0.4, -0.2) is 11.1 Å². The zero-order valence-electron chi connectivity index (χ0n) is 10.8. The fourth-order valence-electron chi connectivity index (χ4n) is 2.07. The summed E-state index contributed by atoms with van der Waals surface area (Å²) in [6.45, 7) is 0. The number of rotatable bonds is 3. The van der Waals surface area contributed by atoms with E-state index in [0.717, 1.165) is 16.2 Å². The summed E-state index contributed by atoms with van der Waals surface area (Å²) < 4.78 is 15.0. The van der Waals surface area contributed by atoms with E-state index in [-0.39, 0.29) is 16.9 Å². The molecule has 0 saturated carbocycles. The van der Waals surface area contributed by atoms with E-state index in [1.54, 1.807) is 11.3 Å². The first kappa shape index (κ1) is 13.4. The van der Waals surface area contributed by atoms with E-state index in [2.05, 4.69) is 5.32 Å². The molecular weight excluding hydrogens is 291 g/mol. The minimum absolute atomic E-state index is 0.0798. The maximum atomic E-state index is 13.9. The number of aromatic carboxylic acids is 1. The second-order valence-corrected chi connectivity index (χ2v) is 5.47. The molecule has 106 valence electrons. The first-order chi connectivity index (χ1) is 10.0. The lowest BCUT2D eigenvalue weighted by Gasteiger charge is -2.10. The summed E-state index contributed by atoms with van der Waals surface area (Å²) in [5.74, 6) is -1.79. The van der Waals surface area contributed by atoms with Crippen molar-refractivity contribution < 1.29 is 14.3 Å². The molecular formula is C15H11FN2O2S. The fraction of sp³-hybridized carbons (Fsp3) is 0. The molecule has 0 aliphatic rings. The van der Waals surface area contributed by atoms with Gasteiger partial charge in [-0.2, -0.15) is 0 Å². The van der Waals surface area contributed by atoms with Gasteiger partial charge in [-0.1, -0.05) is 0 Å². The maximum absolute atomic E-state index is 13.9. The minimum Gasteiger partial charge on any atom is -0.478 e. The lowest BCUT2D eigenvalue weighted by molar-refractivity contribution is 0.0698. The Morgan fingerprint density at radius 3 is 2.81 bits per heavy atom. The molecule has 0 saturated heterocycles. The van der Waals surface area contributed by atoms with Crippen molar-refractivity contribution in [2.45, 2.75) is 0 Å². The number of benzene rings is 2. The molecule has 0 radical (unpaired) electrons. The number of hydrogen-bond acceptors (Lipinski definition) is 4. The van der Waals surface area contributed by atoms with Crippen molar-refractivity contribution in [1.82, 2.24) is 0 Å². The quantitative estimate of drug-likeness (QED) is 0.638. The Kier molecular flexibility index (Phi) is 3.23. The van der Waals surface area contributed by atoms with Crippen LogP contribution in [0.3, 0.4) is 0 Å². The Hall–Kier alpha value is -2.60. The summed E-state index contributed by atoms with van der Waals surface area (Å²) in [6, 6.07) is 9.79. The maximum Gasteiger partial charge on any atom is 0.337 e. The highest BCUT2D eigenvalue weighted by Gasteiger charge is 2.13. The second kappa shape index (κ2) is 5.06. The van der Waals surface area contributed by atoms with Crippen molar-refractivity contribution in [3.63, 3.8) is 0 Å². The molecule has 4 N–H and O–H groups in total. The smallest absolute Gasteiger partial charge is 0.337 e. The van der Waals surface area contributed by atoms with Gasteiger partial charge in [0.1, 0.15) is 5.82 Å². The molecule has 0 amide bonds. The van der Waals surface area contributed by atoms with E-state index >= 15 is 0 Å². The van der Waals surface area contributed by atoms with Crippen LogP contribution in [-0.2, 0) is 0 Å². The van der Waals surface area contributed by atoms with E-state index in [1.165, 1.54) is 6.07 Å². The molecule has 0 fully saturated rings. The molecule has 0 atom stereocenters. The van der Waals surface area contributed by atoms with Crippen molar-refractivity contribution in [2.24, 2.45) is 0 Å². The molecule has 1 heterocycles. The van der Waals surface area contributed by atoms with Gasteiger partial charge in [0, 0.05) is 16.1 Å². The summed E-state index contributed by atoms with van der Waals surface area (Å²) in [5, 5.41) is 14.9. The highest BCUT2D eigenvalue weighted by Crippen LogP contribution is 2.28. The Morgan fingerprint density at radius 2 is 2.05 bits per heavy atom. The molecule has 0 aliphatic carbocycles. The van der Waals surface area contributed by atoms with E-state index in [4.69, 9.17) is 10.8 Å². The van der Waals surface area contributed by atoms with E-state index < -0.39 is 11.8 Å². The molecule has 0 aliphatic heterocycles. The van der Waals surface area contributed by atoms with Crippen molar-refractivity contribution >= 4 is 44.5 Å². The van der Waals surface area contributed by atoms with Crippen LogP contribution in [0, 0.1) is 5.82 Å². The van der Waals surface area contributed by atoms with Crippen LogP contribution in [0.2, 0.25) is 0 Å². The average molecular weight is 302 g/mol. The second-order valence-electron chi connectivity index (χ2n) is 4.52. The van der Waals surface area contributed by atoms with E-state index in [0.29, 0.717) is 5.69 Å². The number of carboxylic acids is 1. The topological polar surface area (TPSA) is 75.3 Å². The molecule has 0 bridgehead atoms. The number of thiophene rings is 1. The summed E-state index contributed by atoms with van der Waals surface area (Å²) in [6.07, 6.45) is 0. The van der Waals surface area contributed by atoms with Crippen molar-refractivity contribution in [3.05, 3.63) is 53.2 Å². The van der Waals surface area contributed by atoms with Crippen LogP contribution in [0.15, 0.2) is 41.8 Å². The number of carboxylic acid groups (broad SMARTS) is 1. The first-order valence-electron chi connectivity index (χ1n) is 6.11. The third kappa shape index (κ3) is 2.53. The van der Waals surface area contributed by atoms with Crippen LogP contribution in [0.5, 0.6) is 0 Å². The fourth-order valence-corrected chi connectivity index (χ4v) is 2.84. The molecule has 0 unspecified atom stereocenters. The van der Waals surface area contributed by atoms with Gasteiger partial charge in [0.05, 0.1) is 11.3 Å². The van der Waals surface area contributed by atoms with Gasteiger partial charge in [-0.15, -0.1) is 11.3 Å². The minimum atomic E-state index is -1.19. The molecule has 3 rings (SSSR count). The number of halogens is 1. The highest BCUT2D eigenvalue weighted by atomic mass is 32.1. The van der Waals surface area contributed by atoms with Gasteiger partial charge in [0.2, 0.25) is 0 Å². The highest BCUT2D eigenvalue weighted by molar-refractivity contribution is 7.17. The molecule has 1 aromatic heterocycles. The van der Waals surface area contributed by atoms with Crippen LogP contribution in [0.1, 0.15) is 10.4 Å². The molecule has 3 aromatic rings. The van der Waals surface area contributed by atoms with Gasteiger partial charge in [0.25, 0.3) is 0 Å². The lowest BCUT2D eigenvalue weighted by atomic mass is 10.1. The molecule has 6 heteroatoms. The number of nitrogens with two attached hydrogens (primary N) is 1. The summed E-state index contributed by atoms with van der Waals surface area (Å²) in [5.41, 5.74) is 6.03. The van der Waals surface area contributed by atoms with Gasteiger partial charge < -0.3 is 16.2 Å². The number of hydrogen-bond donors (Lipinski definition) is 3. The number of carbonyl (C=O) groups is 1. The predicted octanol–water partition coefficient (Wildman–Crippen LogP) is 4.06. The van der Waals surface area contributed by atoms with Gasteiger partial charge in [-0.3, -0.25) is 0 Å². The number of nitrogens with one attached hydrogen (secondary N) is 1. The van der Waals surface area contributed by atoms with Crippen LogP contribution >= 0.6 is 11.3 Å². The SMILES string of the molecule is Nc1cc(F)c(Nc2ccc3sccc3c2)cc1C(=O)O. The van der Waals surface area contributed by atoms with Gasteiger partial charge >= 0.3 is 5.97 Å². The third-order valence-electron chi connectivity index (χ3n) is 3.10. The standard InChI is InChI=1S/C15H11FN2O2S/c16-11-7-12(17)10(15(19)20)6-13(11)18-9-1-2-14-8(5-9)3-4-21-14/h1-7,18H,17H2,(H,19,20). The Bertz CT molecular complexity index is 845. The van der Waals surface area contributed by atoms with Gasteiger partial charge in [-0.25, -0.2) is 9.18 Å². The Balaban J connectivity index is 2.00. The molecule has 21 heavy (non-hydrogen) atoms. The number of nitrogen functional groups attached to an aromatic ring is 1. The van der Waals surface area contributed by atoms with Gasteiger partial charge in [0.15, 0.2) is 0 Å². The number of anilines is 3. The predicted molar refractivity (Wildman–Crippen MR) is 82.9 cm³/mol. The van der Waals surface area contributed by atoms with Crippen molar-refractivity contribution in [3.8, 4) is 0 Å². The zero-order chi connectivity index (χ0) is 15.0. The monoisotopic (exact) mass is 302 g/mol.